The third kappa shape index (κ3) is 1.05. The van der Waals surface area contributed by atoms with Crippen molar-refractivity contribution >= 4 is 5.69 Å². The van der Waals surface area contributed by atoms with Gasteiger partial charge in [-0.3, -0.25) is 0 Å². The molecular formula is C11H13NO2. The first-order valence-corrected chi connectivity index (χ1v) is 5.03. The van der Waals surface area contributed by atoms with E-state index in [0.29, 0.717) is 0 Å². The molecule has 1 aliphatic carbocycles. The van der Waals surface area contributed by atoms with Crippen LogP contribution in [0.4, 0.5) is 5.69 Å². The molecular weight excluding hydrogens is 178 g/mol. The van der Waals surface area contributed by atoms with Gasteiger partial charge in [0.2, 0.25) is 0 Å². The van der Waals surface area contributed by atoms with Gasteiger partial charge in [-0.1, -0.05) is 0 Å². The molecule has 0 bridgehead atoms. The van der Waals surface area contributed by atoms with Crippen LogP contribution < -0.4 is 10.1 Å². The summed E-state index contributed by atoms with van der Waals surface area (Å²) in [6.45, 7) is 0.865. The van der Waals surface area contributed by atoms with E-state index in [2.05, 4.69) is 5.32 Å². The Labute approximate surface area is 82.7 Å². The molecule has 1 saturated carbocycles. The van der Waals surface area contributed by atoms with E-state index in [4.69, 9.17) is 4.74 Å². The van der Waals surface area contributed by atoms with Gasteiger partial charge < -0.3 is 15.2 Å². The number of hydrogen-bond acceptors (Lipinski definition) is 3. The van der Waals surface area contributed by atoms with Gasteiger partial charge in [0.1, 0.15) is 17.1 Å². The topological polar surface area (TPSA) is 41.5 Å². The number of aromatic hydroxyl groups is 1. The SMILES string of the molecule is Oc1ccc2c(c1)NCC1(CCC1)O2. The van der Waals surface area contributed by atoms with Gasteiger partial charge in [0, 0.05) is 6.07 Å². The zero-order valence-electron chi connectivity index (χ0n) is 7.92. The Morgan fingerprint density at radius 3 is 2.93 bits per heavy atom. The summed E-state index contributed by atoms with van der Waals surface area (Å²) in [6, 6.07) is 5.20. The lowest BCUT2D eigenvalue weighted by Crippen LogP contribution is -2.51. The molecule has 1 aliphatic heterocycles. The van der Waals surface area contributed by atoms with Crippen molar-refractivity contribution in [2.24, 2.45) is 0 Å². The van der Waals surface area contributed by atoms with Crippen LogP contribution >= 0.6 is 0 Å². The molecule has 1 heterocycles. The Morgan fingerprint density at radius 1 is 1.36 bits per heavy atom. The van der Waals surface area contributed by atoms with Crippen molar-refractivity contribution in [1.82, 2.24) is 0 Å². The summed E-state index contributed by atoms with van der Waals surface area (Å²) in [5.74, 6) is 1.15. The van der Waals surface area contributed by atoms with Crippen LogP contribution in [-0.2, 0) is 0 Å². The third-order valence-corrected chi connectivity index (χ3v) is 3.16. The normalized spacial score (nSPS) is 21.7. The number of phenolic OH excluding ortho intramolecular Hbond substituents is 1. The Hall–Kier alpha value is -1.38. The number of anilines is 1. The monoisotopic (exact) mass is 191 g/mol. The van der Waals surface area contributed by atoms with Crippen LogP contribution in [0.3, 0.4) is 0 Å². The molecule has 1 spiro atoms. The van der Waals surface area contributed by atoms with Crippen molar-refractivity contribution in [1.29, 1.82) is 0 Å². The number of ether oxygens (including phenoxy) is 1. The van der Waals surface area contributed by atoms with E-state index in [1.165, 1.54) is 6.42 Å². The maximum atomic E-state index is 9.29. The molecule has 3 heteroatoms. The summed E-state index contributed by atoms with van der Waals surface area (Å²) in [6.07, 6.45) is 3.54. The van der Waals surface area contributed by atoms with E-state index in [1.807, 2.05) is 6.07 Å². The fourth-order valence-corrected chi connectivity index (χ4v) is 2.12. The van der Waals surface area contributed by atoms with Crippen LogP contribution in [0.25, 0.3) is 0 Å². The maximum Gasteiger partial charge on any atom is 0.143 e. The van der Waals surface area contributed by atoms with Gasteiger partial charge in [-0.05, 0) is 31.4 Å². The van der Waals surface area contributed by atoms with E-state index < -0.39 is 0 Å². The lowest BCUT2D eigenvalue weighted by molar-refractivity contribution is 0.000144. The number of fused-ring (bicyclic) bond motifs is 1. The highest BCUT2D eigenvalue weighted by atomic mass is 16.5. The summed E-state index contributed by atoms with van der Waals surface area (Å²) in [4.78, 5) is 0. The second kappa shape index (κ2) is 2.56. The number of benzene rings is 1. The van der Waals surface area contributed by atoms with Crippen LogP contribution in [0.2, 0.25) is 0 Å². The molecule has 0 atom stereocenters. The lowest BCUT2D eigenvalue weighted by Gasteiger charge is -2.45. The zero-order valence-corrected chi connectivity index (χ0v) is 7.92. The Balaban J connectivity index is 1.94. The van der Waals surface area contributed by atoms with Crippen molar-refractivity contribution in [3.8, 4) is 11.5 Å². The molecule has 3 rings (SSSR count). The minimum absolute atomic E-state index is 0.0456. The van der Waals surface area contributed by atoms with Gasteiger partial charge in [-0.15, -0.1) is 0 Å². The molecule has 0 radical (unpaired) electrons. The van der Waals surface area contributed by atoms with Gasteiger partial charge in [0.05, 0.1) is 12.2 Å². The standard InChI is InChI=1S/C11H13NO2/c13-8-2-3-10-9(6-8)12-7-11(14-10)4-1-5-11/h2-3,6,12-13H,1,4-5,7H2. The molecule has 2 N–H and O–H groups in total. The molecule has 2 aliphatic rings. The summed E-state index contributed by atoms with van der Waals surface area (Å²) in [5, 5.41) is 12.6. The zero-order chi connectivity index (χ0) is 9.60. The Bertz CT molecular complexity index is 372. The second-order valence-electron chi connectivity index (χ2n) is 4.17. The first-order chi connectivity index (χ1) is 6.77. The van der Waals surface area contributed by atoms with Crippen LogP contribution in [0.1, 0.15) is 19.3 Å². The minimum Gasteiger partial charge on any atom is -0.508 e. The molecule has 1 aromatic rings. The lowest BCUT2D eigenvalue weighted by atomic mass is 9.79. The van der Waals surface area contributed by atoms with Crippen molar-refractivity contribution in [2.45, 2.75) is 24.9 Å². The molecule has 1 aromatic carbocycles. The fourth-order valence-electron chi connectivity index (χ4n) is 2.12. The molecule has 0 amide bonds. The molecule has 74 valence electrons. The average molecular weight is 191 g/mol. The number of nitrogens with one attached hydrogen (secondary N) is 1. The van der Waals surface area contributed by atoms with Gasteiger partial charge in [-0.25, -0.2) is 0 Å². The van der Waals surface area contributed by atoms with Gasteiger partial charge in [-0.2, -0.15) is 0 Å². The predicted molar refractivity (Wildman–Crippen MR) is 53.8 cm³/mol. The maximum absolute atomic E-state index is 9.29. The highest BCUT2D eigenvalue weighted by molar-refractivity contribution is 5.61. The number of hydrogen-bond donors (Lipinski definition) is 2. The second-order valence-corrected chi connectivity index (χ2v) is 4.17. The third-order valence-electron chi connectivity index (χ3n) is 3.16. The summed E-state index contributed by atoms with van der Waals surface area (Å²) >= 11 is 0. The van der Waals surface area contributed by atoms with E-state index in [0.717, 1.165) is 30.8 Å². The van der Waals surface area contributed by atoms with E-state index in [1.54, 1.807) is 12.1 Å². The predicted octanol–water partition coefficient (Wildman–Crippen LogP) is 2.12. The number of phenols is 1. The van der Waals surface area contributed by atoms with Gasteiger partial charge in [0.15, 0.2) is 0 Å². The molecule has 1 fully saturated rings. The molecule has 0 aromatic heterocycles. The minimum atomic E-state index is 0.0456. The van der Waals surface area contributed by atoms with Crippen molar-refractivity contribution < 1.29 is 9.84 Å². The van der Waals surface area contributed by atoms with E-state index >= 15 is 0 Å². The summed E-state index contributed by atoms with van der Waals surface area (Å²) in [7, 11) is 0. The van der Waals surface area contributed by atoms with Crippen molar-refractivity contribution in [2.75, 3.05) is 11.9 Å². The van der Waals surface area contributed by atoms with E-state index in [-0.39, 0.29) is 11.4 Å². The van der Waals surface area contributed by atoms with E-state index in [9.17, 15) is 5.11 Å². The van der Waals surface area contributed by atoms with Crippen LogP contribution in [0.5, 0.6) is 11.5 Å². The van der Waals surface area contributed by atoms with Gasteiger partial charge >= 0.3 is 0 Å². The largest absolute Gasteiger partial charge is 0.508 e. The Morgan fingerprint density at radius 2 is 2.21 bits per heavy atom. The fraction of sp³-hybridized carbons (Fsp3) is 0.455. The summed E-state index contributed by atoms with van der Waals surface area (Å²) in [5.41, 5.74) is 0.951. The smallest absolute Gasteiger partial charge is 0.143 e. The Kier molecular flexibility index (Phi) is 1.46. The van der Waals surface area contributed by atoms with Crippen LogP contribution in [0.15, 0.2) is 18.2 Å². The highest BCUT2D eigenvalue weighted by Crippen LogP contribution is 2.43. The first-order valence-electron chi connectivity index (χ1n) is 5.03. The molecule has 3 nitrogen and oxygen atoms in total. The molecule has 0 saturated heterocycles. The van der Waals surface area contributed by atoms with Gasteiger partial charge in [0.25, 0.3) is 0 Å². The average Bonchev–Trinajstić information content (AvgIpc) is 2.15. The van der Waals surface area contributed by atoms with Crippen LogP contribution in [-0.4, -0.2) is 17.3 Å². The summed E-state index contributed by atoms with van der Waals surface area (Å²) < 4.78 is 5.94. The van der Waals surface area contributed by atoms with Crippen molar-refractivity contribution in [3.63, 3.8) is 0 Å². The molecule has 14 heavy (non-hydrogen) atoms. The van der Waals surface area contributed by atoms with Crippen LogP contribution in [0, 0.1) is 0 Å². The quantitative estimate of drug-likeness (QED) is 0.660. The molecule has 0 unspecified atom stereocenters. The van der Waals surface area contributed by atoms with Crippen molar-refractivity contribution in [3.05, 3.63) is 18.2 Å². The highest BCUT2D eigenvalue weighted by Gasteiger charge is 2.41. The first kappa shape index (κ1) is 7.97. The number of rotatable bonds is 0.